The van der Waals surface area contributed by atoms with Crippen molar-refractivity contribution in [1.29, 1.82) is 0 Å². The number of aliphatic hydroxyl groups excluding tert-OH is 2. The average molecular weight is 661 g/mol. The quantitative estimate of drug-likeness (QED) is 0.0545. The van der Waals surface area contributed by atoms with Gasteiger partial charge in [0.15, 0.2) is 17.1 Å². The van der Waals surface area contributed by atoms with Crippen molar-refractivity contribution in [3.8, 4) is 0 Å². The maximum Gasteiger partial charge on any atom is 0.205 e. The van der Waals surface area contributed by atoms with Crippen molar-refractivity contribution in [3.63, 3.8) is 0 Å². The van der Waals surface area contributed by atoms with Crippen LogP contribution in [0.3, 0.4) is 0 Å². The summed E-state index contributed by atoms with van der Waals surface area (Å²) in [4.78, 5) is 40.2. The fourth-order valence-corrected chi connectivity index (χ4v) is 5.97. The Kier molecular flexibility index (Phi) is 30.1. The number of carbonyl (C=O) groups excluding carboxylic acids is 3. The molecule has 0 radical (unpaired) electrons. The van der Waals surface area contributed by atoms with E-state index in [2.05, 4.69) is 19.2 Å². The van der Waals surface area contributed by atoms with Crippen LogP contribution in [0.5, 0.6) is 0 Å². The number of hydrogen-bond acceptors (Lipinski definition) is 6. The van der Waals surface area contributed by atoms with Crippen molar-refractivity contribution in [3.05, 3.63) is 0 Å². The molecule has 0 rings (SSSR count). The summed E-state index contributed by atoms with van der Waals surface area (Å²) in [6.45, 7) is 3.38. The highest BCUT2D eigenvalue weighted by Gasteiger charge is 2.46. The zero-order valence-corrected chi connectivity index (χ0v) is 30.9. The van der Waals surface area contributed by atoms with Gasteiger partial charge in [0.1, 0.15) is 6.54 Å². The van der Waals surface area contributed by atoms with Crippen molar-refractivity contribution >= 4 is 17.3 Å². The van der Waals surface area contributed by atoms with E-state index in [0.29, 0.717) is 17.3 Å². The van der Waals surface area contributed by atoms with Crippen molar-refractivity contribution in [2.75, 3.05) is 40.9 Å². The molecule has 0 amide bonds. The second kappa shape index (κ2) is 29.3. The zero-order chi connectivity index (χ0) is 33.1. The molecule has 0 saturated carbocycles. The Morgan fingerprint density at radius 3 is 1.16 bits per heavy atom. The molecule has 0 aromatic heterocycles. The van der Waals surface area contributed by atoms with E-state index in [-0.39, 0.29) is 49.1 Å². The van der Waals surface area contributed by atoms with Crippen LogP contribution in [-0.2, 0) is 14.4 Å². The number of hydrogen-bond donors (Lipinski definition) is 3. The normalized spacial score (nSPS) is 12.6. The summed E-state index contributed by atoms with van der Waals surface area (Å²) in [5, 5.41) is 23.5. The van der Waals surface area contributed by atoms with Crippen molar-refractivity contribution in [2.45, 2.75) is 180 Å². The molecule has 0 heterocycles. The Morgan fingerprint density at radius 1 is 0.578 bits per heavy atom. The van der Waals surface area contributed by atoms with Gasteiger partial charge in [-0.15, -0.1) is 0 Å². The Hall–Kier alpha value is -0.860. The van der Waals surface area contributed by atoms with Gasteiger partial charge in [0.05, 0.1) is 40.4 Å². The number of Topliss-reactive ketones (excluding diaryl/α,β-unsaturated/α-hetero) is 3. The second-order valence-electron chi connectivity index (χ2n) is 14.3. The van der Waals surface area contributed by atoms with Gasteiger partial charge >= 0.3 is 0 Å². The fraction of sp³-hybridized carbons (Fsp3) is 0.919. The number of rotatable bonds is 33. The second-order valence-corrected chi connectivity index (χ2v) is 14.3. The smallest absolute Gasteiger partial charge is 0.205 e. The van der Waals surface area contributed by atoms with Crippen LogP contribution in [0.1, 0.15) is 168 Å². The lowest BCUT2D eigenvalue weighted by Crippen LogP contribution is -3.00. The molecule has 0 spiro atoms. The first-order valence-electron chi connectivity index (χ1n) is 18.5. The average Bonchev–Trinajstić information content (AvgIpc) is 2.98. The number of likely N-dealkylation sites (N-methyl/N-ethyl adjacent to an activating group) is 1. The molecule has 268 valence electrons. The van der Waals surface area contributed by atoms with Gasteiger partial charge in [-0.25, -0.2) is 0 Å². The number of nitrogens with zero attached hydrogens (tertiary/aromatic N) is 1. The van der Waals surface area contributed by atoms with E-state index in [9.17, 15) is 24.6 Å². The van der Waals surface area contributed by atoms with Gasteiger partial charge in [-0.2, -0.15) is 0 Å². The lowest BCUT2D eigenvalue weighted by Gasteiger charge is -2.34. The highest BCUT2D eigenvalue weighted by Crippen LogP contribution is 2.21. The highest BCUT2D eigenvalue weighted by molar-refractivity contribution is 6.12. The number of carbonyl (C=O) groups is 3. The third-order valence-corrected chi connectivity index (χ3v) is 8.83. The van der Waals surface area contributed by atoms with Crippen LogP contribution in [0.15, 0.2) is 0 Å². The van der Waals surface area contributed by atoms with Crippen LogP contribution < -0.4 is 17.7 Å². The molecule has 45 heavy (non-hydrogen) atoms. The fourth-order valence-electron chi connectivity index (χ4n) is 5.97. The van der Waals surface area contributed by atoms with Crippen molar-refractivity contribution in [2.24, 2.45) is 0 Å². The van der Waals surface area contributed by atoms with Crippen LogP contribution in [0.2, 0.25) is 0 Å². The first-order chi connectivity index (χ1) is 21.1. The number of unbranched alkanes of at least 4 members (excludes halogenated alkanes) is 20. The van der Waals surface area contributed by atoms with Crippen molar-refractivity contribution < 1.29 is 41.5 Å². The number of ketones is 3. The van der Waals surface area contributed by atoms with E-state index < -0.39 is 24.8 Å². The highest BCUT2D eigenvalue weighted by atomic mass is 35.5. The van der Waals surface area contributed by atoms with Crippen LogP contribution in [0.4, 0.5) is 0 Å². The number of quaternary nitrogens is 1. The van der Waals surface area contributed by atoms with Crippen LogP contribution >= 0.6 is 0 Å². The molecular weight excluding hydrogens is 588 g/mol. The minimum atomic E-state index is -1.84. The Morgan fingerprint density at radius 2 is 0.889 bits per heavy atom. The molecular formula is C37H73ClN2O5. The van der Waals surface area contributed by atoms with E-state index in [1.807, 2.05) is 21.1 Å². The Balaban J connectivity index is 0. The molecule has 0 aromatic carbocycles. The molecule has 7 nitrogen and oxygen atoms in total. The standard InChI is InChI=1S/C37H73N2O5.ClH/c1-6-8-10-12-14-16-18-20-22-24-26-28-35(43)37(32-41,38-33(31-40)34(42)30-39(3,4)5)36(44)29-27-25-23-21-19-17-15-13-11-9-7-2;/h33,38,40-41H,6-32H2,1-5H3;1H/q+1;/p-1. The third kappa shape index (κ3) is 23.2. The molecule has 0 fully saturated rings. The van der Waals surface area contributed by atoms with Crippen LogP contribution in [-0.4, -0.2) is 84.5 Å². The van der Waals surface area contributed by atoms with E-state index >= 15 is 0 Å². The molecule has 8 heteroatoms. The number of halogens is 1. The van der Waals surface area contributed by atoms with Crippen molar-refractivity contribution in [1.82, 2.24) is 5.32 Å². The van der Waals surface area contributed by atoms with Gasteiger partial charge < -0.3 is 27.1 Å². The zero-order valence-electron chi connectivity index (χ0n) is 30.1. The minimum absolute atomic E-state index is 0. The number of aliphatic hydroxyl groups is 2. The van der Waals surface area contributed by atoms with Gasteiger partial charge in [0, 0.05) is 12.8 Å². The summed E-state index contributed by atoms with van der Waals surface area (Å²) in [5.41, 5.74) is -1.84. The molecule has 1 unspecified atom stereocenters. The largest absolute Gasteiger partial charge is 1.00 e. The molecule has 0 aliphatic carbocycles. The number of nitrogens with one attached hydrogen (secondary N) is 1. The topological polar surface area (TPSA) is 104 Å². The molecule has 0 aromatic rings. The summed E-state index contributed by atoms with van der Waals surface area (Å²) in [7, 11) is 5.63. The lowest BCUT2D eigenvalue weighted by molar-refractivity contribution is -0.862. The Labute approximate surface area is 284 Å². The molecule has 0 aliphatic rings. The van der Waals surface area contributed by atoms with Gasteiger partial charge in [-0.3, -0.25) is 19.7 Å². The third-order valence-electron chi connectivity index (χ3n) is 8.83. The molecule has 0 saturated heterocycles. The summed E-state index contributed by atoms with van der Waals surface area (Å²) in [5.74, 6) is -0.996. The van der Waals surface area contributed by atoms with Crippen LogP contribution in [0.25, 0.3) is 0 Å². The molecule has 0 aliphatic heterocycles. The maximum absolute atomic E-state index is 13.6. The molecule has 1 atom stereocenters. The summed E-state index contributed by atoms with van der Waals surface area (Å²) < 4.78 is 0.364. The first kappa shape index (κ1) is 46.3. The van der Waals surface area contributed by atoms with Gasteiger partial charge in [-0.05, 0) is 12.8 Å². The van der Waals surface area contributed by atoms with Crippen LogP contribution in [0, 0.1) is 0 Å². The summed E-state index contributed by atoms with van der Waals surface area (Å²) in [6, 6.07) is -1.08. The lowest BCUT2D eigenvalue weighted by atomic mass is 9.83. The van der Waals surface area contributed by atoms with E-state index in [0.717, 1.165) is 38.5 Å². The van der Waals surface area contributed by atoms with E-state index in [4.69, 9.17) is 0 Å². The maximum atomic E-state index is 13.6. The molecule has 3 N–H and O–H groups in total. The predicted octanol–water partition coefficient (Wildman–Crippen LogP) is 4.49. The molecule has 0 bridgehead atoms. The van der Waals surface area contributed by atoms with Gasteiger partial charge in [-0.1, -0.05) is 142 Å². The monoisotopic (exact) mass is 661 g/mol. The minimum Gasteiger partial charge on any atom is -1.00 e. The SMILES string of the molecule is CCCCCCCCCCCCCC(=O)C(CO)(NC(CO)C(=O)C[N+](C)(C)C)C(=O)CCCCCCCCCCCCC.[Cl-]. The van der Waals surface area contributed by atoms with Gasteiger partial charge in [0.25, 0.3) is 0 Å². The predicted molar refractivity (Wildman–Crippen MR) is 184 cm³/mol. The van der Waals surface area contributed by atoms with E-state index in [1.54, 1.807) is 0 Å². The van der Waals surface area contributed by atoms with E-state index in [1.165, 1.54) is 89.9 Å². The Bertz CT molecular complexity index is 703. The van der Waals surface area contributed by atoms with Gasteiger partial charge in [0.2, 0.25) is 5.78 Å². The first-order valence-corrected chi connectivity index (χ1v) is 18.5. The summed E-state index contributed by atoms with van der Waals surface area (Å²) in [6.07, 6.45) is 25.9. The summed E-state index contributed by atoms with van der Waals surface area (Å²) >= 11 is 0.